The fourth-order valence-corrected chi connectivity index (χ4v) is 3.46. The molecular weight excluding hydrogens is 268 g/mol. The first-order chi connectivity index (χ1) is 8.79. The number of carbonyl (C=O) groups excluding carboxylic acids is 1. The van der Waals surface area contributed by atoms with Crippen LogP contribution in [0.25, 0.3) is 0 Å². The lowest BCUT2D eigenvalue weighted by Crippen LogP contribution is -2.22. The third-order valence-electron chi connectivity index (χ3n) is 2.48. The number of aliphatic hydroxyl groups is 1. The average Bonchev–Trinajstić information content (AvgIpc) is 3.00. The van der Waals surface area contributed by atoms with Gasteiger partial charge in [-0.15, -0.1) is 0 Å². The maximum atomic E-state index is 11.9. The van der Waals surface area contributed by atoms with E-state index in [-0.39, 0.29) is 18.4 Å². The molecule has 1 unspecified atom stereocenters. The Balaban J connectivity index is 1.90. The summed E-state index contributed by atoms with van der Waals surface area (Å²) in [7, 11) is 0. The van der Waals surface area contributed by atoms with Gasteiger partial charge in [0.1, 0.15) is 0 Å². The normalized spacial score (nSPS) is 18.2. The molecule has 4 nitrogen and oxygen atoms in total. The largest absolute Gasteiger partial charge is 0.395 e. The van der Waals surface area contributed by atoms with Gasteiger partial charge in [-0.3, -0.25) is 4.79 Å². The second-order valence-electron chi connectivity index (χ2n) is 3.85. The van der Waals surface area contributed by atoms with Crippen LogP contribution in [0, 0.1) is 17.8 Å². The number of nitrogens with one attached hydrogen (secondary N) is 1. The number of nitrogens with zero attached hydrogens (tertiary/aromatic N) is 1. The minimum Gasteiger partial charge on any atom is -0.395 e. The van der Waals surface area contributed by atoms with Gasteiger partial charge in [0.05, 0.1) is 17.7 Å². The molecule has 0 spiro atoms. The van der Waals surface area contributed by atoms with Gasteiger partial charge in [0, 0.05) is 18.1 Å². The van der Waals surface area contributed by atoms with Crippen LogP contribution in [-0.4, -0.2) is 34.1 Å². The van der Waals surface area contributed by atoms with Crippen molar-refractivity contribution in [3.8, 4) is 11.8 Å². The molecule has 2 rings (SSSR count). The van der Waals surface area contributed by atoms with Crippen LogP contribution in [0.5, 0.6) is 0 Å². The van der Waals surface area contributed by atoms with Gasteiger partial charge in [0.15, 0.2) is 5.13 Å². The molecule has 1 fully saturated rings. The zero-order chi connectivity index (χ0) is 12.8. The third kappa shape index (κ3) is 3.73. The van der Waals surface area contributed by atoms with E-state index in [9.17, 15) is 4.79 Å². The Morgan fingerprint density at radius 3 is 3.28 bits per heavy atom. The van der Waals surface area contributed by atoms with E-state index in [1.54, 1.807) is 6.20 Å². The summed E-state index contributed by atoms with van der Waals surface area (Å²) in [5.41, 5.74) is 0. The Morgan fingerprint density at radius 2 is 2.56 bits per heavy atom. The van der Waals surface area contributed by atoms with Crippen molar-refractivity contribution in [2.75, 3.05) is 23.4 Å². The summed E-state index contributed by atoms with van der Waals surface area (Å²) in [6.45, 7) is 0.0642. The van der Waals surface area contributed by atoms with E-state index in [0.717, 1.165) is 22.8 Å². The standard InChI is InChI=1S/C12H14N2O2S2/c15-5-2-1-3-10-7-13-12(18-10)14-11(16)9-4-6-17-8-9/h7,9,15H,2,4-6,8H2,(H,13,14,16). The van der Waals surface area contributed by atoms with Gasteiger partial charge in [0.2, 0.25) is 5.91 Å². The van der Waals surface area contributed by atoms with Gasteiger partial charge in [0.25, 0.3) is 0 Å². The quantitative estimate of drug-likeness (QED) is 0.826. The van der Waals surface area contributed by atoms with Crippen LogP contribution in [0.1, 0.15) is 17.7 Å². The summed E-state index contributed by atoms with van der Waals surface area (Å²) in [6, 6.07) is 0. The number of hydrogen-bond donors (Lipinski definition) is 2. The third-order valence-corrected chi connectivity index (χ3v) is 4.48. The van der Waals surface area contributed by atoms with Gasteiger partial charge in [-0.05, 0) is 12.2 Å². The molecule has 0 saturated carbocycles. The maximum Gasteiger partial charge on any atom is 0.230 e. The van der Waals surface area contributed by atoms with Crippen LogP contribution < -0.4 is 5.32 Å². The molecule has 2 N–H and O–H groups in total. The average molecular weight is 282 g/mol. The van der Waals surface area contributed by atoms with Crippen LogP contribution in [0.15, 0.2) is 6.20 Å². The van der Waals surface area contributed by atoms with Gasteiger partial charge in [-0.25, -0.2) is 4.98 Å². The molecule has 1 aromatic heterocycles. The molecule has 1 atom stereocenters. The van der Waals surface area contributed by atoms with Crippen molar-refractivity contribution < 1.29 is 9.90 Å². The summed E-state index contributed by atoms with van der Waals surface area (Å²) in [5, 5.41) is 12.1. The van der Waals surface area contributed by atoms with Crippen LogP contribution in [0.4, 0.5) is 5.13 Å². The van der Waals surface area contributed by atoms with Gasteiger partial charge in [-0.1, -0.05) is 23.2 Å². The topological polar surface area (TPSA) is 62.2 Å². The predicted molar refractivity (Wildman–Crippen MR) is 74.8 cm³/mol. The number of carbonyl (C=O) groups is 1. The van der Waals surface area contributed by atoms with E-state index in [1.807, 2.05) is 11.8 Å². The first-order valence-electron chi connectivity index (χ1n) is 5.74. The molecule has 1 aromatic rings. The van der Waals surface area contributed by atoms with Crippen molar-refractivity contribution in [1.82, 2.24) is 4.98 Å². The zero-order valence-corrected chi connectivity index (χ0v) is 11.4. The highest BCUT2D eigenvalue weighted by Gasteiger charge is 2.23. The summed E-state index contributed by atoms with van der Waals surface area (Å²) in [4.78, 5) is 16.8. The highest BCUT2D eigenvalue weighted by atomic mass is 32.2. The van der Waals surface area contributed by atoms with Crippen molar-refractivity contribution in [2.45, 2.75) is 12.8 Å². The molecule has 1 aliphatic rings. The van der Waals surface area contributed by atoms with Crippen molar-refractivity contribution in [3.63, 3.8) is 0 Å². The van der Waals surface area contributed by atoms with E-state index >= 15 is 0 Å². The maximum absolute atomic E-state index is 11.9. The van der Waals surface area contributed by atoms with Gasteiger partial charge < -0.3 is 10.4 Å². The van der Waals surface area contributed by atoms with Crippen LogP contribution in [0.2, 0.25) is 0 Å². The summed E-state index contributed by atoms with van der Waals surface area (Å²) in [6.07, 6.45) is 3.05. The van der Waals surface area contributed by atoms with E-state index in [0.29, 0.717) is 11.6 Å². The Labute approximate surface area is 114 Å². The van der Waals surface area contributed by atoms with Gasteiger partial charge in [-0.2, -0.15) is 11.8 Å². The molecule has 18 heavy (non-hydrogen) atoms. The number of aliphatic hydroxyl groups excluding tert-OH is 1. The minimum absolute atomic E-state index is 0.0595. The Bertz CT molecular complexity index is 470. The highest BCUT2D eigenvalue weighted by molar-refractivity contribution is 7.99. The van der Waals surface area contributed by atoms with E-state index < -0.39 is 0 Å². The Hall–Kier alpha value is -1.03. The Kier molecular flexibility index (Phi) is 5.05. The Morgan fingerprint density at radius 1 is 1.67 bits per heavy atom. The van der Waals surface area contributed by atoms with Gasteiger partial charge >= 0.3 is 0 Å². The first-order valence-corrected chi connectivity index (χ1v) is 7.71. The monoisotopic (exact) mass is 282 g/mol. The second-order valence-corrected chi connectivity index (χ2v) is 6.04. The van der Waals surface area contributed by atoms with E-state index in [2.05, 4.69) is 22.1 Å². The summed E-state index contributed by atoms with van der Waals surface area (Å²) in [5.74, 6) is 7.87. The molecule has 0 bridgehead atoms. The molecule has 2 heterocycles. The van der Waals surface area contributed by atoms with Crippen LogP contribution >= 0.6 is 23.1 Å². The fraction of sp³-hybridized carbons (Fsp3) is 0.500. The molecule has 6 heteroatoms. The molecule has 1 aliphatic heterocycles. The first kappa shape index (κ1) is 13.4. The number of thiazole rings is 1. The number of hydrogen-bond acceptors (Lipinski definition) is 5. The fourth-order valence-electron chi connectivity index (χ4n) is 1.54. The molecule has 0 aromatic carbocycles. The minimum atomic E-state index is 0.0595. The van der Waals surface area contributed by atoms with Crippen molar-refractivity contribution in [1.29, 1.82) is 0 Å². The van der Waals surface area contributed by atoms with Crippen molar-refractivity contribution in [3.05, 3.63) is 11.1 Å². The van der Waals surface area contributed by atoms with Crippen molar-refractivity contribution in [2.24, 2.45) is 5.92 Å². The SMILES string of the molecule is O=C(Nc1ncc(C#CCCO)s1)C1CCSC1. The molecule has 0 aliphatic carbocycles. The lowest BCUT2D eigenvalue weighted by molar-refractivity contribution is -0.119. The second kappa shape index (κ2) is 6.78. The highest BCUT2D eigenvalue weighted by Crippen LogP contribution is 2.25. The predicted octanol–water partition coefficient (Wildman–Crippen LogP) is 1.57. The van der Waals surface area contributed by atoms with E-state index in [1.165, 1.54) is 11.3 Å². The smallest absolute Gasteiger partial charge is 0.230 e. The number of aromatic nitrogens is 1. The molecule has 1 amide bonds. The summed E-state index contributed by atoms with van der Waals surface area (Å²) >= 11 is 3.18. The molecule has 1 saturated heterocycles. The van der Waals surface area contributed by atoms with Crippen LogP contribution in [0.3, 0.4) is 0 Å². The zero-order valence-electron chi connectivity index (χ0n) is 9.81. The lowest BCUT2D eigenvalue weighted by atomic mass is 10.1. The molecule has 0 radical (unpaired) electrons. The number of thioether (sulfide) groups is 1. The summed E-state index contributed by atoms with van der Waals surface area (Å²) < 4.78 is 0. The number of amides is 1. The molecular formula is C12H14N2O2S2. The number of anilines is 1. The van der Waals surface area contributed by atoms with E-state index in [4.69, 9.17) is 5.11 Å². The van der Waals surface area contributed by atoms with Crippen LogP contribution in [-0.2, 0) is 4.79 Å². The van der Waals surface area contributed by atoms with Crippen molar-refractivity contribution >= 4 is 34.1 Å². The lowest BCUT2D eigenvalue weighted by Gasteiger charge is -2.06. The number of rotatable bonds is 3. The molecule has 96 valence electrons.